The van der Waals surface area contributed by atoms with Crippen molar-refractivity contribution >= 4 is 16.0 Å². The van der Waals surface area contributed by atoms with E-state index in [1.165, 1.54) is 12.1 Å². The molecular weight excluding hydrogens is 388 g/mol. The van der Waals surface area contributed by atoms with Gasteiger partial charge in [0.05, 0.1) is 11.0 Å². The molecule has 0 aliphatic heterocycles. The van der Waals surface area contributed by atoms with Gasteiger partial charge in [0.2, 0.25) is 10.0 Å². The zero-order chi connectivity index (χ0) is 21.4. The van der Waals surface area contributed by atoms with Crippen molar-refractivity contribution in [2.75, 3.05) is 7.05 Å². The average molecular weight is 419 g/mol. The Morgan fingerprint density at radius 2 is 1.79 bits per heavy atom. The number of benzene rings is 2. The van der Waals surface area contributed by atoms with Gasteiger partial charge in [-0.2, -0.15) is 0 Å². The second-order valence-electron chi connectivity index (χ2n) is 6.92. The molecule has 1 atom stereocenters. The van der Waals surface area contributed by atoms with Gasteiger partial charge in [0.15, 0.2) is 5.96 Å². The molecule has 158 valence electrons. The topological polar surface area (TPSA) is 106 Å². The molecule has 8 heteroatoms. The number of hydrogen-bond acceptors (Lipinski definition) is 4. The lowest BCUT2D eigenvalue weighted by atomic mass is 10.1. The first-order valence-corrected chi connectivity index (χ1v) is 11.1. The van der Waals surface area contributed by atoms with Crippen molar-refractivity contribution in [3.8, 4) is 5.75 Å². The van der Waals surface area contributed by atoms with E-state index in [1.54, 1.807) is 19.2 Å². The van der Waals surface area contributed by atoms with Crippen molar-refractivity contribution in [2.45, 2.75) is 51.3 Å². The van der Waals surface area contributed by atoms with E-state index in [0.29, 0.717) is 19.0 Å². The number of aryl methyl sites for hydroxylation is 1. The zero-order valence-electron chi connectivity index (χ0n) is 17.4. The van der Waals surface area contributed by atoms with Crippen molar-refractivity contribution in [1.29, 1.82) is 0 Å². The van der Waals surface area contributed by atoms with Crippen molar-refractivity contribution in [3.05, 3.63) is 59.2 Å². The van der Waals surface area contributed by atoms with Gasteiger partial charge >= 0.3 is 0 Å². The van der Waals surface area contributed by atoms with E-state index in [2.05, 4.69) is 41.6 Å². The number of nitrogens with zero attached hydrogens (tertiary/aromatic N) is 1. The number of hydrogen-bond donors (Lipinski definition) is 3. The minimum atomic E-state index is -3.68. The monoisotopic (exact) mass is 418 g/mol. The Kier molecular flexibility index (Phi) is 8.04. The third kappa shape index (κ3) is 7.07. The number of nitrogens with two attached hydrogens (primary N) is 1. The Balaban J connectivity index is 1.97. The third-order valence-corrected chi connectivity index (χ3v) is 5.44. The van der Waals surface area contributed by atoms with E-state index in [9.17, 15) is 8.42 Å². The minimum absolute atomic E-state index is 0.0944. The molecule has 0 aromatic heterocycles. The molecule has 0 radical (unpaired) electrons. The van der Waals surface area contributed by atoms with Crippen molar-refractivity contribution in [3.63, 3.8) is 0 Å². The average Bonchev–Trinajstić information content (AvgIpc) is 2.69. The SMILES string of the molecule is CCC(C)Oc1cc(C)ccc1CNC(=NC)NCc1ccc(S(N)(=O)=O)cc1. The summed E-state index contributed by atoms with van der Waals surface area (Å²) in [5.74, 6) is 1.51. The molecule has 0 aliphatic carbocycles. The number of primary sulfonamides is 1. The van der Waals surface area contributed by atoms with Gasteiger partial charge in [0.25, 0.3) is 0 Å². The molecule has 2 aromatic carbocycles. The summed E-state index contributed by atoms with van der Waals surface area (Å²) in [6.45, 7) is 7.26. The van der Waals surface area contributed by atoms with Crippen LogP contribution in [0.5, 0.6) is 5.75 Å². The van der Waals surface area contributed by atoms with Gasteiger partial charge in [-0.1, -0.05) is 31.2 Å². The summed E-state index contributed by atoms with van der Waals surface area (Å²) in [5, 5.41) is 11.6. The summed E-state index contributed by atoms with van der Waals surface area (Å²) < 4.78 is 28.7. The highest BCUT2D eigenvalue weighted by Crippen LogP contribution is 2.22. The van der Waals surface area contributed by atoms with Crippen LogP contribution in [0.1, 0.15) is 37.0 Å². The van der Waals surface area contributed by atoms with Gasteiger partial charge in [-0.25, -0.2) is 13.6 Å². The van der Waals surface area contributed by atoms with Crippen LogP contribution < -0.4 is 20.5 Å². The summed E-state index contributed by atoms with van der Waals surface area (Å²) in [4.78, 5) is 4.33. The highest BCUT2D eigenvalue weighted by Gasteiger charge is 2.10. The van der Waals surface area contributed by atoms with Crippen LogP contribution in [0.2, 0.25) is 0 Å². The van der Waals surface area contributed by atoms with E-state index in [1.807, 2.05) is 13.0 Å². The number of rotatable bonds is 8. The van der Waals surface area contributed by atoms with Crippen LogP contribution in [0.15, 0.2) is 52.4 Å². The summed E-state index contributed by atoms with van der Waals surface area (Å²) >= 11 is 0. The van der Waals surface area contributed by atoms with Crippen LogP contribution in [-0.4, -0.2) is 27.5 Å². The maximum Gasteiger partial charge on any atom is 0.238 e. The molecule has 0 saturated heterocycles. The van der Waals surface area contributed by atoms with E-state index in [4.69, 9.17) is 9.88 Å². The standard InChI is InChI=1S/C21H30N4O3S/c1-5-16(3)28-20-12-15(2)6-9-18(20)14-25-21(23-4)24-13-17-7-10-19(11-8-17)29(22,26)27/h6-12,16H,5,13-14H2,1-4H3,(H2,22,26,27)(H2,23,24,25). The first-order valence-electron chi connectivity index (χ1n) is 9.55. The fourth-order valence-corrected chi connectivity index (χ4v) is 3.12. The molecule has 0 spiro atoms. The molecule has 0 bridgehead atoms. The second kappa shape index (κ2) is 10.3. The fourth-order valence-electron chi connectivity index (χ4n) is 2.60. The van der Waals surface area contributed by atoms with E-state index < -0.39 is 10.0 Å². The zero-order valence-corrected chi connectivity index (χ0v) is 18.2. The molecule has 2 aromatic rings. The predicted octanol–water partition coefficient (Wildman–Crippen LogP) is 2.68. The Bertz CT molecular complexity index is 941. The molecule has 2 rings (SSSR count). The van der Waals surface area contributed by atoms with Gasteiger partial charge in [0, 0.05) is 25.7 Å². The summed E-state index contributed by atoms with van der Waals surface area (Å²) in [6, 6.07) is 12.6. The highest BCUT2D eigenvalue weighted by molar-refractivity contribution is 7.89. The normalized spacial score (nSPS) is 13.1. The quantitative estimate of drug-likeness (QED) is 0.451. The lowest BCUT2D eigenvalue weighted by Gasteiger charge is -2.18. The van der Waals surface area contributed by atoms with Crippen LogP contribution in [0.4, 0.5) is 0 Å². The number of aliphatic imine (C=N–C) groups is 1. The maximum absolute atomic E-state index is 11.3. The molecule has 0 heterocycles. The molecule has 4 N–H and O–H groups in total. The summed E-state index contributed by atoms with van der Waals surface area (Å²) in [5.41, 5.74) is 3.12. The van der Waals surface area contributed by atoms with Gasteiger partial charge in [0.1, 0.15) is 5.75 Å². The van der Waals surface area contributed by atoms with Crippen LogP contribution in [-0.2, 0) is 23.1 Å². The van der Waals surface area contributed by atoms with Crippen LogP contribution in [0, 0.1) is 6.92 Å². The fraction of sp³-hybridized carbons (Fsp3) is 0.381. The second-order valence-corrected chi connectivity index (χ2v) is 8.48. The number of nitrogens with one attached hydrogen (secondary N) is 2. The molecule has 0 aliphatic rings. The Morgan fingerprint density at radius 3 is 2.38 bits per heavy atom. The van der Waals surface area contributed by atoms with Crippen molar-refractivity contribution in [1.82, 2.24) is 10.6 Å². The molecule has 7 nitrogen and oxygen atoms in total. The van der Waals surface area contributed by atoms with Gasteiger partial charge < -0.3 is 15.4 Å². The maximum atomic E-state index is 11.3. The highest BCUT2D eigenvalue weighted by atomic mass is 32.2. The lowest BCUT2D eigenvalue weighted by Crippen LogP contribution is -2.36. The Labute approximate surface area is 173 Å². The largest absolute Gasteiger partial charge is 0.490 e. The number of sulfonamides is 1. The smallest absolute Gasteiger partial charge is 0.238 e. The van der Waals surface area contributed by atoms with Crippen molar-refractivity contribution < 1.29 is 13.2 Å². The molecule has 0 fully saturated rings. The molecule has 0 saturated carbocycles. The predicted molar refractivity (Wildman–Crippen MR) is 116 cm³/mol. The van der Waals surface area contributed by atoms with Gasteiger partial charge in [-0.05, 0) is 49.6 Å². The van der Waals surface area contributed by atoms with Crippen LogP contribution >= 0.6 is 0 Å². The van der Waals surface area contributed by atoms with Gasteiger partial charge in [-0.15, -0.1) is 0 Å². The molecular formula is C21H30N4O3S. The van der Waals surface area contributed by atoms with Crippen molar-refractivity contribution in [2.24, 2.45) is 10.1 Å². The lowest BCUT2D eigenvalue weighted by molar-refractivity contribution is 0.215. The number of ether oxygens (including phenoxy) is 1. The van der Waals surface area contributed by atoms with Gasteiger partial charge in [-0.3, -0.25) is 4.99 Å². The molecule has 1 unspecified atom stereocenters. The van der Waals surface area contributed by atoms with Crippen LogP contribution in [0.3, 0.4) is 0 Å². The first-order chi connectivity index (χ1) is 13.7. The Morgan fingerprint density at radius 1 is 1.14 bits per heavy atom. The minimum Gasteiger partial charge on any atom is -0.490 e. The Hall–Kier alpha value is -2.58. The number of guanidine groups is 1. The van der Waals surface area contributed by atoms with E-state index in [-0.39, 0.29) is 11.0 Å². The first kappa shape index (κ1) is 22.7. The van der Waals surface area contributed by atoms with Crippen LogP contribution in [0.25, 0.3) is 0 Å². The molecule has 0 amide bonds. The third-order valence-electron chi connectivity index (χ3n) is 4.51. The summed E-state index contributed by atoms with van der Waals surface area (Å²) in [6.07, 6.45) is 1.09. The van der Waals surface area contributed by atoms with E-state index in [0.717, 1.165) is 28.9 Å². The van der Waals surface area contributed by atoms with E-state index >= 15 is 0 Å². The molecule has 29 heavy (non-hydrogen) atoms. The summed E-state index contributed by atoms with van der Waals surface area (Å²) in [7, 11) is -1.98.